The summed E-state index contributed by atoms with van der Waals surface area (Å²) in [6, 6.07) is 6.61. The standard InChI is InChI=1S/C23H18F6N4O2S.C3H3NOS2/c24-22(25,26)16-4-3-14(17(10-16)23(27,28)29)11-33-12-15-8-13(2-5-18(15)32-33)9-19-20(30-6-1-7-34)31-21(35)36-19;5-3-4-2(6)1-7-3/h2-5,8-10,12,34H,1,6-7,11H2,(H,30,31,35);1H2,(H,4,5,6)/b19-9-;. The van der Waals surface area contributed by atoms with E-state index in [1.165, 1.54) is 22.6 Å². The molecule has 3 aromatic rings. The van der Waals surface area contributed by atoms with Crippen molar-refractivity contribution in [2.24, 2.45) is 4.99 Å². The molecule has 3 N–H and O–H groups in total. The molecule has 8 nitrogen and oxygen atoms in total. The second-order valence-corrected chi connectivity index (χ2v) is 11.4. The molecule has 0 radical (unpaired) electrons. The Balaban J connectivity index is 0.000000530. The highest BCUT2D eigenvalue weighted by atomic mass is 32.2. The number of thiocarbonyl (C=S) groups is 1. The van der Waals surface area contributed by atoms with Gasteiger partial charge in [0.2, 0.25) is 0 Å². The summed E-state index contributed by atoms with van der Waals surface area (Å²) < 4.78 is 80.4. The average molecular weight is 662 g/mol. The first kappa shape index (κ1) is 32.5. The number of carbonyl (C=O) groups is 2. The van der Waals surface area contributed by atoms with Crippen LogP contribution in [0.25, 0.3) is 17.0 Å². The maximum absolute atomic E-state index is 13.5. The van der Waals surface area contributed by atoms with Gasteiger partial charge >= 0.3 is 12.4 Å². The van der Waals surface area contributed by atoms with Gasteiger partial charge in [-0.15, -0.1) is 0 Å². The number of aliphatic hydroxyl groups is 1. The van der Waals surface area contributed by atoms with E-state index in [0.29, 0.717) is 57.0 Å². The van der Waals surface area contributed by atoms with Crippen LogP contribution in [0, 0.1) is 0 Å². The third-order valence-corrected chi connectivity index (χ3v) is 7.81. The fraction of sp³-hybridized carbons (Fsp3) is 0.269. The van der Waals surface area contributed by atoms with Crippen LogP contribution in [0.15, 0.2) is 52.5 Å². The Bertz CT molecular complexity index is 1600. The van der Waals surface area contributed by atoms with Gasteiger partial charge in [0.1, 0.15) is 5.84 Å². The Morgan fingerprint density at radius 3 is 2.42 bits per heavy atom. The van der Waals surface area contributed by atoms with Crippen molar-refractivity contribution in [1.29, 1.82) is 0 Å². The molecule has 0 atom stereocenters. The zero-order valence-electron chi connectivity index (χ0n) is 21.8. The minimum absolute atomic E-state index is 0.0231. The van der Waals surface area contributed by atoms with E-state index in [-0.39, 0.29) is 35.3 Å². The molecule has 0 saturated carbocycles. The molecular formula is C26H21F6N5O3S3. The average Bonchev–Trinajstić information content (AvgIpc) is 3.60. The van der Waals surface area contributed by atoms with E-state index in [1.807, 2.05) is 0 Å². The zero-order chi connectivity index (χ0) is 31.4. The number of fused-ring (bicyclic) bond motifs is 1. The molecule has 228 valence electrons. The van der Waals surface area contributed by atoms with E-state index in [1.54, 1.807) is 24.3 Å². The normalized spacial score (nSPS) is 17.4. The Hall–Kier alpha value is -3.41. The molecular weight excluding hydrogens is 641 g/mol. The largest absolute Gasteiger partial charge is 0.416 e. The second-order valence-electron chi connectivity index (χ2n) is 8.97. The predicted octanol–water partition coefficient (Wildman–Crippen LogP) is 6.47. The lowest BCUT2D eigenvalue weighted by molar-refractivity contribution is -0.143. The molecule has 2 aliphatic heterocycles. The smallest absolute Gasteiger partial charge is 0.396 e. The van der Waals surface area contributed by atoms with Crippen molar-refractivity contribution in [2.75, 3.05) is 18.9 Å². The molecule has 2 amide bonds. The number of thioether (sulfide) groups is 2. The highest BCUT2D eigenvalue weighted by Crippen LogP contribution is 2.37. The van der Waals surface area contributed by atoms with Crippen LogP contribution in [-0.2, 0) is 18.9 Å². The lowest BCUT2D eigenvalue weighted by Gasteiger charge is -2.16. The number of amidine groups is 1. The predicted molar refractivity (Wildman–Crippen MR) is 157 cm³/mol. The lowest BCUT2D eigenvalue weighted by Crippen LogP contribution is -2.19. The highest BCUT2D eigenvalue weighted by Gasteiger charge is 2.38. The molecule has 2 saturated heterocycles. The van der Waals surface area contributed by atoms with Crippen LogP contribution >= 0.6 is 35.7 Å². The van der Waals surface area contributed by atoms with Gasteiger partial charge in [-0.1, -0.05) is 36.1 Å². The molecule has 0 aliphatic carbocycles. The van der Waals surface area contributed by atoms with Crippen LogP contribution in [0.5, 0.6) is 0 Å². The van der Waals surface area contributed by atoms with Crippen molar-refractivity contribution in [2.45, 2.75) is 25.3 Å². The van der Waals surface area contributed by atoms with E-state index >= 15 is 0 Å². The monoisotopic (exact) mass is 661 g/mol. The third-order valence-electron chi connectivity index (χ3n) is 5.77. The molecule has 3 heterocycles. The van der Waals surface area contributed by atoms with Gasteiger partial charge in [-0.3, -0.25) is 19.3 Å². The number of halogens is 6. The molecule has 1 aromatic heterocycles. The van der Waals surface area contributed by atoms with Crippen molar-refractivity contribution in [3.63, 3.8) is 0 Å². The van der Waals surface area contributed by atoms with E-state index in [2.05, 4.69) is 32.9 Å². The summed E-state index contributed by atoms with van der Waals surface area (Å²) in [5, 5.41) is 18.5. The van der Waals surface area contributed by atoms with Gasteiger partial charge in [-0.05, 0) is 59.7 Å². The van der Waals surface area contributed by atoms with Crippen LogP contribution in [0.2, 0.25) is 0 Å². The van der Waals surface area contributed by atoms with E-state index in [9.17, 15) is 35.9 Å². The fourth-order valence-electron chi connectivity index (χ4n) is 3.87. The third kappa shape index (κ3) is 8.81. The van der Waals surface area contributed by atoms with Crippen molar-refractivity contribution in [3.05, 3.63) is 69.8 Å². The first-order valence-electron chi connectivity index (χ1n) is 12.3. The maximum Gasteiger partial charge on any atom is 0.416 e. The molecule has 0 spiro atoms. The number of alkyl halides is 6. The van der Waals surface area contributed by atoms with Gasteiger partial charge < -0.3 is 15.7 Å². The Labute approximate surface area is 254 Å². The number of amides is 2. The molecule has 2 fully saturated rings. The summed E-state index contributed by atoms with van der Waals surface area (Å²) in [5.74, 6) is 1.05. The SMILES string of the molecule is O=C1NC(=NCCCO)/C(=C/c2ccc3nn(Cc4ccc(C(F)(F)F)cc4C(F)(F)F)cc3c2)S1.O=C1NC(=S)CS1. The van der Waals surface area contributed by atoms with Crippen LogP contribution in [-0.4, -0.2) is 55.1 Å². The first-order valence-corrected chi connectivity index (χ1v) is 14.5. The molecule has 43 heavy (non-hydrogen) atoms. The fourth-order valence-corrected chi connectivity index (χ4v) is 5.49. The summed E-state index contributed by atoms with van der Waals surface area (Å²) in [5.41, 5.74) is -1.94. The van der Waals surface area contributed by atoms with Gasteiger partial charge in [0.05, 0.1) is 38.8 Å². The molecule has 2 aliphatic rings. The highest BCUT2D eigenvalue weighted by molar-refractivity contribution is 8.18. The number of hydrogen-bond acceptors (Lipinski definition) is 8. The van der Waals surface area contributed by atoms with Crippen molar-refractivity contribution in [1.82, 2.24) is 20.4 Å². The number of carbonyl (C=O) groups excluding carboxylic acids is 2. The minimum atomic E-state index is -4.97. The number of aliphatic imine (C=N–C) groups is 1. The van der Waals surface area contributed by atoms with Crippen molar-refractivity contribution in [3.8, 4) is 0 Å². The van der Waals surface area contributed by atoms with Crippen LogP contribution in [0.1, 0.15) is 28.7 Å². The summed E-state index contributed by atoms with van der Waals surface area (Å²) >= 11 is 6.81. The second kappa shape index (κ2) is 13.5. The number of aliphatic hydroxyl groups excluding tert-OH is 1. The van der Waals surface area contributed by atoms with Crippen molar-refractivity contribution < 1.29 is 41.0 Å². The number of nitrogens with one attached hydrogen (secondary N) is 2. The molecule has 17 heteroatoms. The van der Waals surface area contributed by atoms with Crippen LogP contribution in [0.4, 0.5) is 35.9 Å². The summed E-state index contributed by atoms with van der Waals surface area (Å²) in [4.78, 5) is 27.5. The van der Waals surface area contributed by atoms with Crippen LogP contribution < -0.4 is 10.6 Å². The Morgan fingerprint density at radius 1 is 1.05 bits per heavy atom. The Morgan fingerprint density at radius 2 is 1.81 bits per heavy atom. The van der Waals surface area contributed by atoms with Crippen molar-refractivity contribution >= 4 is 74.0 Å². The molecule has 0 bridgehead atoms. The summed E-state index contributed by atoms with van der Waals surface area (Å²) in [7, 11) is 0. The quantitative estimate of drug-likeness (QED) is 0.158. The van der Waals surface area contributed by atoms with E-state index < -0.39 is 23.5 Å². The van der Waals surface area contributed by atoms with Crippen LogP contribution in [0.3, 0.4) is 0 Å². The number of rotatable bonds is 6. The topological polar surface area (TPSA) is 109 Å². The number of hydrogen-bond donors (Lipinski definition) is 3. The van der Waals surface area contributed by atoms with Gasteiger partial charge in [0.15, 0.2) is 0 Å². The van der Waals surface area contributed by atoms with Gasteiger partial charge in [-0.2, -0.15) is 31.4 Å². The minimum Gasteiger partial charge on any atom is -0.396 e. The van der Waals surface area contributed by atoms with Gasteiger partial charge in [0, 0.05) is 24.7 Å². The summed E-state index contributed by atoms with van der Waals surface area (Å²) in [6.07, 6.45) is -6.21. The van der Waals surface area contributed by atoms with Gasteiger partial charge in [0.25, 0.3) is 10.5 Å². The number of aromatic nitrogens is 2. The summed E-state index contributed by atoms with van der Waals surface area (Å²) in [6.45, 7) is -0.0811. The molecule has 5 rings (SSSR count). The maximum atomic E-state index is 13.5. The number of nitrogens with zero attached hydrogens (tertiary/aromatic N) is 3. The van der Waals surface area contributed by atoms with E-state index in [0.717, 1.165) is 17.8 Å². The van der Waals surface area contributed by atoms with Gasteiger partial charge in [-0.25, -0.2) is 0 Å². The molecule has 0 unspecified atom stereocenters. The zero-order valence-corrected chi connectivity index (χ0v) is 24.2. The Kier molecular flexibility index (Phi) is 10.2. The van der Waals surface area contributed by atoms with E-state index in [4.69, 9.17) is 5.11 Å². The lowest BCUT2D eigenvalue weighted by atomic mass is 10.0. The molecule has 2 aromatic carbocycles. The number of benzene rings is 2. The first-order chi connectivity index (χ1) is 20.2.